The van der Waals surface area contributed by atoms with Crippen molar-refractivity contribution in [2.45, 2.75) is 25.2 Å². The van der Waals surface area contributed by atoms with Gasteiger partial charge in [-0.05, 0) is 65.2 Å². The van der Waals surface area contributed by atoms with Crippen LogP contribution in [0.1, 0.15) is 16.7 Å². The molecule has 3 heterocycles. The Bertz CT molecular complexity index is 1320. The molecule has 0 bridgehead atoms. The Kier molecular flexibility index (Phi) is 6.62. The minimum Gasteiger partial charge on any atom is -0.325 e. The van der Waals surface area contributed by atoms with Gasteiger partial charge in [-0.2, -0.15) is 13.2 Å². The number of thiophene rings is 2. The van der Waals surface area contributed by atoms with Crippen molar-refractivity contribution in [2.75, 3.05) is 11.1 Å². The third-order valence-corrected chi connectivity index (χ3v) is 9.06. The van der Waals surface area contributed by atoms with Crippen LogP contribution >= 0.6 is 50.4 Å². The van der Waals surface area contributed by atoms with E-state index in [0.717, 1.165) is 43.8 Å². The lowest BCUT2D eigenvalue weighted by molar-refractivity contribution is -0.137. The molecule has 0 fully saturated rings. The minimum atomic E-state index is -4.47. The van der Waals surface area contributed by atoms with E-state index in [1.165, 1.54) is 27.1 Å². The van der Waals surface area contributed by atoms with E-state index in [1.807, 2.05) is 6.07 Å². The number of carbonyl (C=O) groups excluding carboxylic acids is 1. The lowest BCUT2D eigenvalue weighted by atomic mass is 10.1. The first-order valence-electron chi connectivity index (χ1n) is 9.25. The predicted molar refractivity (Wildman–Crippen MR) is 129 cm³/mol. The molecule has 1 aromatic carbocycles. The van der Waals surface area contributed by atoms with Gasteiger partial charge in [-0.25, -0.2) is 9.97 Å². The third kappa shape index (κ3) is 4.85. The van der Waals surface area contributed by atoms with Crippen molar-refractivity contribution in [2.24, 2.45) is 0 Å². The Morgan fingerprint density at radius 3 is 2.69 bits per heavy atom. The summed E-state index contributed by atoms with van der Waals surface area (Å²) in [6.07, 6.45) is -2.82. The van der Waals surface area contributed by atoms with Gasteiger partial charge in [-0.15, -0.1) is 22.7 Å². The maximum atomic E-state index is 12.8. The molecule has 1 amide bonds. The number of benzene rings is 1. The van der Waals surface area contributed by atoms with Crippen LogP contribution in [0.5, 0.6) is 0 Å². The number of amides is 1. The lowest BCUT2D eigenvalue weighted by Gasteiger charge is -2.09. The number of anilines is 1. The van der Waals surface area contributed by atoms with Crippen molar-refractivity contribution in [1.29, 1.82) is 0 Å². The molecule has 0 radical (unpaired) electrons. The molecule has 11 heteroatoms. The van der Waals surface area contributed by atoms with E-state index in [9.17, 15) is 18.0 Å². The number of fused-ring (bicyclic) bond motifs is 1. The Labute approximate surface area is 202 Å². The van der Waals surface area contributed by atoms with Gasteiger partial charge in [0.2, 0.25) is 5.91 Å². The normalized spacial score (nSPS) is 11.8. The first kappa shape index (κ1) is 23.2. The van der Waals surface area contributed by atoms with Crippen LogP contribution in [0.15, 0.2) is 45.5 Å². The van der Waals surface area contributed by atoms with Gasteiger partial charge in [0.15, 0.2) is 5.16 Å². The summed E-state index contributed by atoms with van der Waals surface area (Å²) >= 11 is 8.08. The smallest absolute Gasteiger partial charge is 0.325 e. The van der Waals surface area contributed by atoms with Crippen LogP contribution in [0, 0.1) is 13.8 Å². The summed E-state index contributed by atoms with van der Waals surface area (Å²) in [6.45, 7) is 4.15. The Hall–Kier alpha value is -1.95. The lowest BCUT2D eigenvalue weighted by Crippen LogP contribution is -2.15. The molecule has 0 spiro atoms. The molecule has 0 aliphatic carbocycles. The van der Waals surface area contributed by atoms with Crippen molar-refractivity contribution in [3.63, 3.8) is 0 Å². The Morgan fingerprint density at radius 2 is 1.97 bits per heavy atom. The summed E-state index contributed by atoms with van der Waals surface area (Å²) in [7, 11) is 0. The molecule has 4 rings (SSSR count). The zero-order valence-corrected chi connectivity index (χ0v) is 20.7. The number of halogens is 4. The number of aromatic nitrogens is 2. The molecule has 0 aliphatic rings. The van der Waals surface area contributed by atoms with Crippen LogP contribution in [0.2, 0.25) is 0 Å². The van der Waals surface area contributed by atoms with Crippen LogP contribution in [-0.4, -0.2) is 21.6 Å². The standard InChI is InChI=1S/C21H15BrF3N3OS3/c1-10-16-11(2)18(22)32-19(16)31-17(10)14-6-7-26-20(28-14)30-9-15(29)27-13-5-3-4-12(8-13)21(23,24)25/h3-8H,9H2,1-2H3,(H,27,29). The van der Waals surface area contributed by atoms with E-state index in [1.54, 1.807) is 28.9 Å². The van der Waals surface area contributed by atoms with Gasteiger partial charge in [0.1, 0.15) is 0 Å². The quantitative estimate of drug-likeness (QED) is 0.203. The summed E-state index contributed by atoms with van der Waals surface area (Å²) in [5.74, 6) is -0.457. The van der Waals surface area contributed by atoms with Crippen molar-refractivity contribution < 1.29 is 18.0 Å². The molecule has 3 aromatic heterocycles. The fourth-order valence-electron chi connectivity index (χ4n) is 3.13. The van der Waals surface area contributed by atoms with Gasteiger partial charge >= 0.3 is 6.18 Å². The first-order valence-corrected chi connectivity index (χ1v) is 12.7. The molecule has 0 atom stereocenters. The minimum absolute atomic E-state index is 0.0235. The van der Waals surface area contributed by atoms with E-state index in [0.29, 0.717) is 5.16 Å². The van der Waals surface area contributed by atoms with E-state index in [2.05, 4.69) is 45.1 Å². The van der Waals surface area contributed by atoms with Gasteiger partial charge < -0.3 is 5.32 Å². The van der Waals surface area contributed by atoms with Gasteiger partial charge in [0.25, 0.3) is 0 Å². The highest BCUT2D eigenvalue weighted by Crippen LogP contribution is 2.46. The molecule has 32 heavy (non-hydrogen) atoms. The van der Waals surface area contributed by atoms with Crippen LogP contribution in [0.25, 0.3) is 20.0 Å². The maximum Gasteiger partial charge on any atom is 0.416 e. The molecular weight excluding hydrogens is 543 g/mol. The maximum absolute atomic E-state index is 12.8. The van der Waals surface area contributed by atoms with Crippen molar-refractivity contribution in [3.8, 4) is 10.6 Å². The fraction of sp³-hybridized carbons (Fsp3) is 0.190. The largest absolute Gasteiger partial charge is 0.416 e. The van der Waals surface area contributed by atoms with Gasteiger partial charge in [-0.1, -0.05) is 17.8 Å². The second kappa shape index (κ2) is 9.12. The Balaban J connectivity index is 1.46. The number of nitrogens with one attached hydrogen (secondary N) is 1. The van der Waals surface area contributed by atoms with Crippen molar-refractivity contribution in [1.82, 2.24) is 9.97 Å². The molecule has 4 nitrogen and oxygen atoms in total. The predicted octanol–water partition coefficient (Wildman–Crippen LogP) is 7.55. The monoisotopic (exact) mass is 557 g/mol. The second-order valence-corrected chi connectivity index (χ2v) is 11.4. The van der Waals surface area contributed by atoms with Crippen molar-refractivity contribution in [3.05, 3.63) is 57.0 Å². The fourth-order valence-corrected chi connectivity index (χ4v) is 7.33. The molecule has 0 saturated carbocycles. The molecular formula is C21H15BrF3N3OS3. The van der Waals surface area contributed by atoms with Crippen LogP contribution in [-0.2, 0) is 11.0 Å². The van der Waals surface area contributed by atoms with Gasteiger partial charge in [0.05, 0.1) is 29.7 Å². The van der Waals surface area contributed by atoms with E-state index in [-0.39, 0.29) is 11.4 Å². The highest BCUT2D eigenvalue weighted by atomic mass is 79.9. The topological polar surface area (TPSA) is 54.9 Å². The number of rotatable bonds is 5. The third-order valence-electron chi connectivity index (χ3n) is 4.64. The average molecular weight is 558 g/mol. The number of alkyl halides is 3. The Morgan fingerprint density at radius 1 is 1.19 bits per heavy atom. The summed E-state index contributed by atoms with van der Waals surface area (Å²) in [4.78, 5) is 22.1. The van der Waals surface area contributed by atoms with Crippen LogP contribution in [0.4, 0.5) is 18.9 Å². The highest BCUT2D eigenvalue weighted by molar-refractivity contribution is 9.11. The summed E-state index contributed by atoms with van der Waals surface area (Å²) < 4.78 is 40.8. The SMILES string of the molecule is Cc1c(Br)sc2sc(-c3ccnc(SCC(=O)Nc4cccc(C(F)(F)F)c4)n3)c(C)c12. The molecule has 1 N–H and O–H groups in total. The zero-order valence-electron chi connectivity index (χ0n) is 16.7. The molecule has 0 unspecified atom stereocenters. The number of nitrogens with zero attached hydrogens (tertiary/aromatic N) is 2. The number of thioether (sulfide) groups is 1. The van der Waals surface area contributed by atoms with E-state index < -0.39 is 17.6 Å². The first-order chi connectivity index (χ1) is 15.1. The molecule has 166 valence electrons. The van der Waals surface area contributed by atoms with Crippen LogP contribution in [0.3, 0.4) is 0 Å². The summed E-state index contributed by atoms with van der Waals surface area (Å²) in [5, 5.41) is 4.15. The zero-order chi connectivity index (χ0) is 23.0. The number of hydrogen-bond donors (Lipinski definition) is 1. The molecule has 0 saturated heterocycles. The van der Waals surface area contributed by atoms with E-state index in [4.69, 9.17) is 0 Å². The average Bonchev–Trinajstić information content (AvgIpc) is 3.21. The molecule has 0 aliphatic heterocycles. The van der Waals surface area contributed by atoms with E-state index >= 15 is 0 Å². The van der Waals surface area contributed by atoms with Gasteiger partial charge in [0, 0.05) is 17.3 Å². The summed E-state index contributed by atoms with van der Waals surface area (Å²) in [6, 6.07) is 6.37. The summed E-state index contributed by atoms with van der Waals surface area (Å²) in [5.41, 5.74) is 2.42. The second-order valence-electron chi connectivity index (χ2n) is 6.86. The van der Waals surface area contributed by atoms with Crippen LogP contribution < -0.4 is 5.32 Å². The van der Waals surface area contributed by atoms with Crippen molar-refractivity contribution >= 4 is 71.4 Å². The number of hydrogen-bond acceptors (Lipinski definition) is 6. The van der Waals surface area contributed by atoms with Gasteiger partial charge in [-0.3, -0.25) is 4.79 Å². The molecule has 4 aromatic rings. The number of aryl methyl sites for hydroxylation is 2. The highest BCUT2D eigenvalue weighted by Gasteiger charge is 2.30. The number of carbonyl (C=O) groups is 1.